The number of amides is 2. The summed E-state index contributed by atoms with van der Waals surface area (Å²) in [6, 6.07) is 11.7. The number of halogens is 1. The molecule has 0 aromatic heterocycles. The first-order chi connectivity index (χ1) is 18.0. The third kappa shape index (κ3) is 5.52. The maximum atomic E-state index is 13.9. The minimum atomic E-state index is -4.36. The van der Waals surface area contributed by atoms with Gasteiger partial charge in [-0.2, -0.15) is 4.31 Å². The van der Waals surface area contributed by atoms with Crippen LogP contribution in [-0.2, 0) is 35.6 Å². The molecule has 11 nitrogen and oxygen atoms in total. The number of carboxylic acid groups (broad SMARTS) is 2. The summed E-state index contributed by atoms with van der Waals surface area (Å²) in [5.74, 6) is -3.50. The molecule has 13 heteroatoms. The highest BCUT2D eigenvalue weighted by molar-refractivity contribution is 7.89. The van der Waals surface area contributed by atoms with Crippen molar-refractivity contribution in [2.75, 3.05) is 13.1 Å². The van der Waals surface area contributed by atoms with Crippen molar-refractivity contribution in [3.8, 4) is 0 Å². The summed E-state index contributed by atoms with van der Waals surface area (Å²) in [6.07, 6.45) is -2.20. The SMILES string of the molecule is O=C(O)CC[C@H]1C(=O)N2C(CN(CCC(=O)O)C(=O)[C@@H]2Cc2ccccc2)N1S(=O)(=O)c1ccc(Cl)cc1. The van der Waals surface area contributed by atoms with Crippen LogP contribution in [0.3, 0.4) is 0 Å². The van der Waals surface area contributed by atoms with Crippen molar-refractivity contribution in [1.82, 2.24) is 14.1 Å². The number of piperazine rings is 1. The Bertz CT molecular complexity index is 1340. The molecule has 2 aromatic rings. The molecule has 38 heavy (non-hydrogen) atoms. The van der Waals surface area contributed by atoms with Crippen LogP contribution in [0.5, 0.6) is 0 Å². The second-order valence-electron chi connectivity index (χ2n) is 9.10. The fourth-order valence-corrected chi connectivity index (χ4v) is 6.80. The van der Waals surface area contributed by atoms with E-state index in [1.54, 1.807) is 30.3 Å². The lowest BCUT2D eigenvalue weighted by molar-refractivity contribution is -0.153. The Labute approximate surface area is 224 Å². The van der Waals surface area contributed by atoms with Crippen molar-refractivity contribution < 1.29 is 37.8 Å². The monoisotopic (exact) mass is 563 g/mol. The Hall–Kier alpha value is -3.48. The number of carbonyl (C=O) groups is 4. The number of nitrogens with zero attached hydrogens (tertiary/aromatic N) is 3. The summed E-state index contributed by atoms with van der Waals surface area (Å²) in [6.45, 7) is -0.424. The quantitative estimate of drug-likeness (QED) is 0.442. The van der Waals surface area contributed by atoms with Crippen LogP contribution in [0.4, 0.5) is 0 Å². The molecular weight excluding hydrogens is 538 g/mol. The second kappa shape index (κ2) is 11.1. The number of fused-ring (bicyclic) bond motifs is 1. The highest BCUT2D eigenvalue weighted by atomic mass is 35.5. The van der Waals surface area contributed by atoms with Crippen molar-refractivity contribution in [2.24, 2.45) is 0 Å². The van der Waals surface area contributed by atoms with Crippen LogP contribution in [0.15, 0.2) is 59.5 Å². The summed E-state index contributed by atoms with van der Waals surface area (Å²) in [5.41, 5.74) is 0.721. The van der Waals surface area contributed by atoms with E-state index in [9.17, 15) is 37.8 Å². The summed E-state index contributed by atoms with van der Waals surface area (Å²) >= 11 is 5.93. The maximum absolute atomic E-state index is 13.9. The Morgan fingerprint density at radius 3 is 2.13 bits per heavy atom. The normalized spacial score (nSPS) is 22.0. The molecule has 0 radical (unpaired) electrons. The lowest BCUT2D eigenvalue weighted by Crippen LogP contribution is -2.64. The molecule has 2 aliphatic rings. The van der Waals surface area contributed by atoms with E-state index < -0.39 is 58.4 Å². The fourth-order valence-electron chi connectivity index (χ4n) is 4.93. The molecule has 2 amide bonds. The lowest BCUT2D eigenvalue weighted by Gasteiger charge is -2.44. The lowest BCUT2D eigenvalue weighted by atomic mass is 10.00. The van der Waals surface area contributed by atoms with E-state index in [-0.39, 0.29) is 37.2 Å². The summed E-state index contributed by atoms with van der Waals surface area (Å²) < 4.78 is 28.7. The number of benzene rings is 2. The zero-order valence-corrected chi connectivity index (χ0v) is 21.7. The first-order valence-corrected chi connectivity index (χ1v) is 13.7. The molecule has 0 spiro atoms. The van der Waals surface area contributed by atoms with E-state index in [1.807, 2.05) is 0 Å². The van der Waals surface area contributed by atoms with Crippen LogP contribution < -0.4 is 0 Å². The van der Waals surface area contributed by atoms with Gasteiger partial charge in [-0.1, -0.05) is 41.9 Å². The largest absolute Gasteiger partial charge is 0.481 e. The fraction of sp³-hybridized carbons (Fsp3) is 0.360. The molecule has 202 valence electrons. The van der Waals surface area contributed by atoms with E-state index in [1.165, 1.54) is 34.1 Å². The number of hydrogen-bond acceptors (Lipinski definition) is 6. The standard InChI is InChI=1S/C25H26ClN3O8S/c26-17-6-8-18(9-7-17)38(36,37)29-19(10-11-22(30)31)25(35)28-20(14-16-4-2-1-3-5-16)24(34)27(15-21(28)29)13-12-23(32)33/h1-9,19-21H,10-15H2,(H,30,31)(H,32,33)/t19-,20-,21?/m0/s1. The van der Waals surface area contributed by atoms with Gasteiger partial charge in [-0.15, -0.1) is 0 Å². The van der Waals surface area contributed by atoms with Crippen molar-refractivity contribution in [1.29, 1.82) is 0 Å². The Kier molecular flexibility index (Phi) is 8.05. The van der Waals surface area contributed by atoms with E-state index in [0.29, 0.717) is 5.02 Å². The number of sulfonamides is 1. The summed E-state index contributed by atoms with van der Waals surface area (Å²) in [4.78, 5) is 52.3. The van der Waals surface area contributed by atoms with Crippen molar-refractivity contribution >= 4 is 45.4 Å². The predicted octanol–water partition coefficient (Wildman–Crippen LogP) is 1.66. The molecule has 2 heterocycles. The van der Waals surface area contributed by atoms with Crippen molar-refractivity contribution in [3.63, 3.8) is 0 Å². The van der Waals surface area contributed by atoms with Gasteiger partial charge in [0.05, 0.1) is 17.9 Å². The Morgan fingerprint density at radius 2 is 1.53 bits per heavy atom. The molecule has 4 rings (SSSR count). The molecule has 0 aliphatic carbocycles. The first kappa shape index (κ1) is 27.6. The molecule has 1 unspecified atom stereocenters. The third-order valence-electron chi connectivity index (χ3n) is 6.67. The molecule has 2 N–H and O–H groups in total. The van der Waals surface area contributed by atoms with E-state index >= 15 is 0 Å². The summed E-state index contributed by atoms with van der Waals surface area (Å²) in [7, 11) is -4.36. The molecule has 2 aliphatic heterocycles. The zero-order chi connectivity index (χ0) is 27.6. The number of carboxylic acids is 2. The number of rotatable bonds is 10. The molecule has 2 saturated heterocycles. The number of hydrogen-bond donors (Lipinski definition) is 2. The smallest absolute Gasteiger partial charge is 0.305 e. The predicted molar refractivity (Wildman–Crippen MR) is 135 cm³/mol. The van der Waals surface area contributed by atoms with Gasteiger partial charge in [0.15, 0.2) is 0 Å². The first-order valence-electron chi connectivity index (χ1n) is 11.9. The van der Waals surface area contributed by atoms with Gasteiger partial charge in [-0.25, -0.2) is 8.42 Å². The van der Waals surface area contributed by atoms with Crippen LogP contribution in [-0.4, -0.2) is 87.8 Å². The minimum absolute atomic E-state index is 0.0754. The van der Waals surface area contributed by atoms with Gasteiger partial charge < -0.3 is 20.0 Å². The molecule has 2 aromatic carbocycles. The van der Waals surface area contributed by atoms with Crippen LogP contribution in [0.1, 0.15) is 24.8 Å². The average Bonchev–Trinajstić information content (AvgIpc) is 3.15. The molecule has 3 atom stereocenters. The summed E-state index contributed by atoms with van der Waals surface area (Å²) in [5, 5.41) is 18.8. The van der Waals surface area contributed by atoms with Gasteiger partial charge in [0.1, 0.15) is 18.2 Å². The maximum Gasteiger partial charge on any atom is 0.305 e. The highest BCUT2D eigenvalue weighted by Gasteiger charge is 2.58. The second-order valence-corrected chi connectivity index (χ2v) is 11.4. The van der Waals surface area contributed by atoms with Gasteiger partial charge in [-0.3, -0.25) is 19.2 Å². The van der Waals surface area contributed by atoms with E-state index in [4.69, 9.17) is 11.6 Å². The van der Waals surface area contributed by atoms with E-state index in [2.05, 4.69) is 0 Å². The van der Waals surface area contributed by atoms with Crippen LogP contribution in [0, 0.1) is 0 Å². The van der Waals surface area contributed by atoms with Gasteiger partial charge in [0.2, 0.25) is 21.8 Å². The Morgan fingerprint density at radius 1 is 0.895 bits per heavy atom. The number of aliphatic carboxylic acids is 2. The molecule has 0 bridgehead atoms. The van der Waals surface area contributed by atoms with Crippen LogP contribution >= 0.6 is 11.6 Å². The van der Waals surface area contributed by atoms with Crippen molar-refractivity contribution in [3.05, 3.63) is 65.2 Å². The van der Waals surface area contributed by atoms with E-state index in [0.717, 1.165) is 9.87 Å². The van der Waals surface area contributed by atoms with Crippen LogP contribution in [0.2, 0.25) is 5.02 Å². The van der Waals surface area contributed by atoms with Gasteiger partial charge in [-0.05, 0) is 36.2 Å². The van der Waals surface area contributed by atoms with Gasteiger partial charge in [0, 0.05) is 24.4 Å². The molecule has 2 fully saturated rings. The third-order valence-corrected chi connectivity index (χ3v) is 8.84. The zero-order valence-electron chi connectivity index (χ0n) is 20.1. The average molecular weight is 564 g/mol. The van der Waals surface area contributed by atoms with Crippen LogP contribution in [0.25, 0.3) is 0 Å². The highest BCUT2D eigenvalue weighted by Crippen LogP contribution is 2.37. The topological polar surface area (TPSA) is 153 Å². The number of carbonyl (C=O) groups excluding carboxylic acids is 2. The molecule has 0 saturated carbocycles. The Balaban J connectivity index is 1.80. The minimum Gasteiger partial charge on any atom is -0.481 e. The molecular formula is C25H26ClN3O8S. The van der Waals surface area contributed by atoms with Gasteiger partial charge in [0.25, 0.3) is 0 Å². The van der Waals surface area contributed by atoms with Gasteiger partial charge >= 0.3 is 11.9 Å². The van der Waals surface area contributed by atoms with Crippen molar-refractivity contribution in [2.45, 2.75) is 48.8 Å².